The maximum Gasteiger partial charge on any atom is 0.213 e. The fourth-order valence-electron chi connectivity index (χ4n) is 15.1. The first-order chi connectivity index (χ1) is 43.1. The fraction of sp³-hybridized carbons (Fsp3) is 0.224. The molecule has 4 heteroatoms. The van der Waals surface area contributed by atoms with Gasteiger partial charge < -0.3 is 0 Å². The molecule has 0 bridgehead atoms. The summed E-state index contributed by atoms with van der Waals surface area (Å²) in [7, 11) is 0. The minimum Gasteiger partial charge on any atom is -0.187 e. The Labute approximate surface area is 526 Å². The molecular weight excluding hydrogens is 1080 g/mol. The number of aryl methyl sites for hydroxylation is 10. The summed E-state index contributed by atoms with van der Waals surface area (Å²) in [6.07, 6.45) is 2.36. The van der Waals surface area contributed by atoms with E-state index in [4.69, 9.17) is 0 Å². The van der Waals surface area contributed by atoms with E-state index in [0.29, 0.717) is 5.92 Å². The molecule has 0 N–H and O–H groups in total. The number of benzene rings is 9. The van der Waals surface area contributed by atoms with Gasteiger partial charge in [0.2, 0.25) is 44.8 Å². The second-order valence-corrected chi connectivity index (χ2v) is 26.4. The van der Waals surface area contributed by atoms with Crippen LogP contribution in [0.4, 0.5) is 0 Å². The summed E-state index contributed by atoms with van der Waals surface area (Å²) in [6.45, 7) is 30.6. The van der Waals surface area contributed by atoms with Crippen LogP contribution >= 0.6 is 0 Å². The van der Waals surface area contributed by atoms with Gasteiger partial charge in [0.25, 0.3) is 0 Å². The Bertz CT molecular complexity index is 5040. The molecule has 89 heavy (non-hydrogen) atoms. The van der Waals surface area contributed by atoms with Gasteiger partial charge in [-0.15, -0.1) is 0 Å². The van der Waals surface area contributed by atoms with Crippen LogP contribution in [0.5, 0.6) is 0 Å². The second-order valence-electron chi connectivity index (χ2n) is 26.4. The molecule has 4 aromatic heterocycles. The second kappa shape index (κ2) is 23.0. The van der Waals surface area contributed by atoms with Crippen molar-refractivity contribution < 1.29 is 18.3 Å². The van der Waals surface area contributed by atoms with E-state index in [2.05, 4.69) is 302 Å². The van der Waals surface area contributed by atoms with Crippen molar-refractivity contribution in [2.75, 3.05) is 0 Å². The first-order valence-corrected chi connectivity index (χ1v) is 32.4. The lowest BCUT2D eigenvalue weighted by atomic mass is 9.99. The first-order valence-electron chi connectivity index (χ1n) is 32.4. The van der Waals surface area contributed by atoms with Crippen molar-refractivity contribution in [2.45, 2.75) is 128 Å². The van der Waals surface area contributed by atoms with Crippen molar-refractivity contribution in [1.29, 1.82) is 0 Å². The number of rotatable bonds is 4. The van der Waals surface area contributed by atoms with Crippen LogP contribution in [0.1, 0.15) is 117 Å². The van der Waals surface area contributed by atoms with Crippen molar-refractivity contribution in [3.63, 3.8) is 0 Å². The van der Waals surface area contributed by atoms with E-state index < -0.39 is 0 Å². The van der Waals surface area contributed by atoms with Gasteiger partial charge in [-0.2, -0.15) is 18.3 Å². The summed E-state index contributed by atoms with van der Waals surface area (Å²) in [5, 5.41) is 5.32. The summed E-state index contributed by atoms with van der Waals surface area (Å²) in [5.41, 5.74) is 40.1. The molecule has 0 fully saturated rings. The zero-order chi connectivity index (χ0) is 61.5. The maximum atomic E-state index is 2.49. The van der Waals surface area contributed by atoms with E-state index in [1.807, 2.05) is 0 Å². The Hall–Kier alpha value is -9.38. The number of nitrogens with zero attached hydrogens (tertiary/aromatic N) is 4. The molecule has 9 aromatic carbocycles. The first kappa shape index (κ1) is 57.4. The van der Waals surface area contributed by atoms with Gasteiger partial charge in [-0.1, -0.05) is 112 Å². The van der Waals surface area contributed by atoms with Crippen molar-refractivity contribution in [2.24, 2.45) is 0 Å². The maximum absolute atomic E-state index is 2.49. The average Bonchev–Trinajstić information content (AvgIpc) is 2.91. The number of hydrogen-bond acceptors (Lipinski definition) is 0. The molecule has 13 aromatic rings. The Morgan fingerprint density at radius 1 is 0.326 bits per heavy atom. The Balaban J connectivity index is 0.000000104. The standard InChI is InChI=1S/C24H20N.2C21H22N.C19H18N/c1-16-12-17(2)22-15-25-23(21(22)13-16)11-10-19-8-9-20(14-24(19)25)18-6-4-3-5-7-18;1-13(2)17-6-5-16-7-8-20-18-10-14(3)9-15(4)19(18)12-22(20)21(16)11-17;1-4-5-16-6-7-17-8-9-20-18-11-14(2)10-15(3)19(18)13-22(20)21(17)12-16;1-12-9-14(3)17-11-20-18-6-4-5-13(2)15(18)7-8-19(20)16(17)10-12/h3-14H,15H2,1-2H3;5-11,13H,12H2,1-4H3;6-12H,4-5,13H2,1-3H3;4-10H,11H2,1-3H3/q4*+1. The lowest BCUT2D eigenvalue weighted by molar-refractivity contribution is -0.646. The van der Waals surface area contributed by atoms with Crippen molar-refractivity contribution in [3.05, 3.63) is 284 Å². The van der Waals surface area contributed by atoms with Crippen LogP contribution in [0.2, 0.25) is 0 Å². The zero-order valence-corrected chi connectivity index (χ0v) is 54.2. The topological polar surface area (TPSA) is 15.5 Å². The molecule has 4 aliphatic heterocycles. The SMILES string of the molecule is CCCc1ccc2ccc3[n+](c2c1)Cc1c(C)cc(C)cc1-3.Cc1cc(C)c2c(c1)-c1ccc3c(C)cccc3[n+]1C2.Cc1cc(C)c2c(c1)-c1ccc3ccc(-c4ccccc4)cc3[n+]1C2.Cc1cc(C)c2c(c1)-c1ccc3ccc(C(C)C)cc3[n+]1C2. The minimum absolute atomic E-state index is 0.564. The fourth-order valence-corrected chi connectivity index (χ4v) is 15.1. The van der Waals surface area contributed by atoms with Crippen molar-refractivity contribution >= 4 is 43.6 Å². The molecular formula is C85H82N4+4. The van der Waals surface area contributed by atoms with Crippen molar-refractivity contribution in [1.82, 2.24) is 0 Å². The van der Waals surface area contributed by atoms with Gasteiger partial charge in [-0.05, 0) is 214 Å². The van der Waals surface area contributed by atoms with E-state index in [-0.39, 0.29) is 0 Å². The lowest BCUT2D eigenvalue weighted by Gasteiger charge is -2.06. The van der Waals surface area contributed by atoms with E-state index >= 15 is 0 Å². The summed E-state index contributed by atoms with van der Waals surface area (Å²) in [6, 6.07) is 74.5. The zero-order valence-electron chi connectivity index (χ0n) is 54.2. The molecule has 17 rings (SSSR count). The van der Waals surface area contributed by atoms with Crippen LogP contribution in [0.25, 0.3) is 99.8 Å². The van der Waals surface area contributed by atoms with Gasteiger partial charge in [-0.25, -0.2) is 0 Å². The molecule has 438 valence electrons. The van der Waals surface area contributed by atoms with Gasteiger partial charge >= 0.3 is 0 Å². The Kier molecular flexibility index (Phi) is 14.8. The van der Waals surface area contributed by atoms with Gasteiger partial charge in [0.1, 0.15) is 0 Å². The van der Waals surface area contributed by atoms with Crippen LogP contribution in [0.15, 0.2) is 200 Å². The number of aromatic nitrogens is 4. The third-order valence-electron chi connectivity index (χ3n) is 19.6. The number of hydrogen-bond donors (Lipinski definition) is 0. The summed E-state index contributed by atoms with van der Waals surface area (Å²) in [4.78, 5) is 0. The smallest absolute Gasteiger partial charge is 0.187 e. The highest BCUT2D eigenvalue weighted by molar-refractivity contribution is 5.86. The molecule has 4 nitrogen and oxygen atoms in total. The highest BCUT2D eigenvalue weighted by Crippen LogP contribution is 2.38. The van der Waals surface area contributed by atoms with Crippen LogP contribution in [0, 0.1) is 62.3 Å². The molecule has 0 unspecified atom stereocenters. The predicted octanol–water partition coefficient (Wildman–Crippen LogP) is 19.1. The molecule has 0 saturated heterocycles. The number of pyridine rings is 4. The molecule has 0 spiro atoms. The van der Waals surface area contributed by atoms with Gasteiger partial charge in [0.05, 0.1) is 22.3 Å². The van der Waals surface area contributed by atoms with Gasteiger partial charge in [0, 0.05) is 92.3 Å². The lowest BCUT2D eigenvalue weighted by Crippen LogP contribution is -2.33. The van der Waals surface area contributed by atoms with E-state index in [9.17, 15) is 0 Å². The minimum atomic E-state index is 0.564. The molecule has 0 radical (unpaired) electrons. The predicted molar refractivity (Wildman–Crippen MR) is 371 cm³/mol. The highest BCUT2D eigenvalue weighted by Gasteiger charge is 2.34. The summed E-state index contributed by atoms with van der Waals surface area (Å²) >= 11 is 0. The summed E-state index contributed by atoms with van der Waals surface area (Å²) in [5.74, 6) is 0.564. The molecule has 0 atom stereocenters. The van der Waals surface area contributed by atoms with Crippen LogP contribution in [-0.4, -0.2) is 0 Å². The quantitative estimate of drug-likeness (QED) is 0.156. The average molecular weight is 1160 g/mol. The largest absolute Gasteiger partial charge is 0.213 e. The monoisotopic (exact) mass is 1160 g/mol. The van der Waals surface area contributed by atoms with E-state index in [1.165, 1.54) is 190 Å². The third-order valence-corrected chi connectivity index (χ3v) is 19.6. The van der Waals surface area contributed by atoms with Crippen molar-refractivity contribution in [3.8, 4) is 56.2 Å². The Morgan fingerprint density at radius 2 is 0.730 bits per heavy atom. The van der Waals surface area contributed by atoms with Crippen LogP contribution in [-0.2, 0) is 32.6 Å². The normalized spacial score (nSPS) is 12.5. The molecule has 4 aliphatic rings. The Morgan fingerprint density at radius 3 is 1.19 bits per heavy atom. The number of fused-ring (bicyclic) bond motifs is 20. The molecule has 0 saturated carbocycles. The third kappa shape index (κ3) is 10.4. The molecule has 0 amide bonds. The van der Waals surface area contributed by atoms with Gasteiger partial charge in [-0.3, -0.25) is 0 Å². The van der Waals surface area contributed by atoms with Crippen LogP contribution < -0.4 is 18.3 Å². The molecule has 8 heterocycles. The highest BCUT2D eigenvalue weighted by atomic mass is 15.0. The van der Waals surface area contributed by atoms with E-state index in [1.54, 1.807) is 0 Å². The summed E-state index contributed by atoms with van der Waals surface area (Å²) < 4.78 is 9.90. The van der Waals surface area contributed by atoms with Crippen LogP contribution in [0.3, 0.4) is 0 Å². The molecule has 0 aliphatic carbocycles. The van der Waals surface area contributed by atoms with E-state index in [0.717, 1.165) is 32.6 Å². The van der Waals surface area contributed by atoms with Gasteiger partial charge in [0.15, 0.2) is 26.2 Å².